The van der Waals surface area contributed by atoms with Crippen LogP contribution in [0.4, 0.5) is 0 Å². The highest BCUT2D eigenvalue weighted by molar-refractivity contribution is 7.89. The summed E-state index contributed by atoms with van der Waals surface area (Å²) in [6.45, 7) is 2.83. The molecule has 1 aromatic carbocycles. The van der Waals surface area contributed by atoms with Gasteiger partial charge in [0.05, 0.1) is 6.61 Å². The molecule has 1 saturated heterocycles. The largest absolute Gasteiger partial charge is 0.482 e. The number of halogens is 1. The van der Waals surface area contributed by atoms with Crippen molar-refractivity contribution in [3.8, 4) is 5.75 Å². The van der Waals surface area contributed by atoms with Gasteiger partial charge in [-0.2, -0.15) is 4.31 Å². The molecule has 1 amide bonds. The van der Waals surface area contributed by atoms with Gasteiger partial charge in [0, 0.05) is 31.3 Å². The Kier molecular flexibility index (Phi) is 7.06. The first-order chi connectivity index (χ1) is 11.8. The minimum atomic E-state index is -3.70. The minimum absolute atomic E-state index is 0.0142. The Bertz CT molecular complexity index is 704. The van der Waals surface area contributed by atoms with E-state index in [-0.39, 0.29) is 29.2 Å². The van der Waals surface area contributed by atoms with E-state index >= 15 is 0 Å². The Morgan fingerprint density at radius 1 is 1.36 bits per heavy atom. The number of amides is 1. The summed E-state index contributed by atoms with van der Waals surface area (Å²) in [4.78, 5) is 11.9. The fraction of sp³-hybridized carbons (Fsp3) is 0.562. The van der Waals surface area contributed by atoms with Crippen LogP contribution < -0.4 is 10.1 Å². The van der Waals surface area contributed by atoms with Crippen LogP contribution in [0.3, 0.4) is 0 Å². The molecule has 1 fully saturated rings. The third kappa shape index (κ3) is 5.31. The number of nitrogens with zero attached hydrogens (tertiary/aromatic N) is 1. The Morgan fingerprint density at radius 3 is 2.68 bits per heavy atom. The van der Waals surface area contributed by atoms with Crippen LogP contribution >= 0.6 is 11.6 Å². The van der Waals surface area contributed by atoms with Crippen LogP contribution in [0.5, 0.6) is 5.75 Å². The lowest BCUT2D eigenvalue weighted by molar-refractivity contribution is -0.124. The van der Waals surface area contributed by atoms with Crippen molar-refractivity contribution in [1.82, 2.24) is 9.62 Å². The smallest absolute Gasteiger partial charge is 0.258 e. The third-order valence-corrected chi connectivity index (χ3v) is 5.93. The van der Waals surface area contributed by atoms with Crippen molar-refractivity contribution < 1.29 is 22.7 Å². The zero-order valence-electron chi connectivity index (χ0n) is 14.3. The normalized spacial score (nSPS) is 16.6. The maximum atomic E-state index is 12.8. The molecule has 0 saturated carbocycles. The van der Waals surface area contributed by atoms with Crippen LogP contribution in [0.25, 0.3) is 0 Å². The summed E-state index contributed by atoms with van der Waals surface area (Å²) in [6, 6.07) is 4.19. The number of hydrogen-bond donors (Lipinski definition) is 1. The number of benzene rings is 1. The SMILES string of the molecule is COC[C@H](C)NC(=O)COc1ccc(Cl)cc1S(=O)(=O)N1CCCC1. The minimum Gasteiger partial charge on any atom is -0.482 e. The molecule has 1 aliphatic rings. The molecule has 0 aromatic heterocycles. The van der Waals surface area contributed by atoms with Gasteiger partial charge in [0.1, 0.15) is 10.6 Å². The monoisotopic (exact) mass is 390 g/mol. The van der Waals surface area contributed by atoms with Crippen molar-refractivity contribution in [2.24, 2.45) is 0 Å². The zero-order chi connectivity index (χ0) is 18.4. The van der Waals surface area contributed by atoms with Gasteiger partial charge in [-0.05, 0) is 38.0 Å². The van der Waals surface area contributed by atoms with Crippen molar-refractivity contribution in [2.75, 3.05) is 33.4 Å². The highest BCUT2D eigenvalue weighted by Crippen LogP contribution is 2.31. The Hall–Kier alpha value is -1.35. The molecule has 0 unspecified atom stereocenters. The molecule has 7 nitrogen and oxygen atoms in total. The highest BCUT2D eigenvalue weighted by atomic mass is 35.5. The molecule has 1 aliphatic heterocycles. The molecule has 9 heteroatoms. The summed E-state index contributed by atoms with van der Waals surface area (Å²) in [7, 11) is -2.16. The quantitative estimate of drug-likeness (QED) is 0.729. The van der Waals surface area contributed by atoms with Crippen molar-refractivity contribution in [1.29, 1.82) is 0 Å². The van der Waals surface area contributed by atoms with Crippen molar-refractivity contribution in [2.45, 2.75) is 30.7 Å². The molecule has 1 aromatic rings. The molecule has 140 valence electrons. The Morgan fingerprint density at radius 2 is 2.04 bits per heavy atom. The third-order valence-electron chi connectivity index (χ3n) is 3.77. The first kappa shape index (κ1) is 20.0. The fourth-order valence-electron chi connectivity index (χ4n) is 2.62. The Balaban J connectivity index is 2.12. The molecule has 25 heavy (non-hydrogen) atoms. The van der Waals surface area contributed by atoms with Gasteiger partial charge in [-0.25, -0.2) is 8.42 Å². The maximum Gasteiger partial charge on any atom is 0.258 e. The first-order valence-electron chi connectivity index (χ1n) is 8.05. The number of sulfonamides is 1. The maximum absolute atomic E-state index is 12.8. The predicted octanol–water partition coefficient (Wildman–Crippen LogP) is 1.65. The van der Waals surface area contributed by atoms with E-state index in [0.717, 1.165) is 12.8 Å². The molecular formula is C16H23ClN2O5S. The summed E-state index contributed by atoms with van der Waals surface area (Å²) in [5.74, 6) is -0.241. The molecule has 1 atom stereocenters. The summed E-state index contributed by atoms with van der Waals surface area (Å²) < 4.78 is 37.4. The number of rotatable bonds is 8. The van der Waals surface area contributed by atoms with Crippen LogP contribution in [0.1, 0.15) is 19.8 Å². The van der Waals surface area contributed by atoms with Gasteiger partial charge < -0.3 is 14.8 Å². The molecule has 0 radical (unpaired) electrons. The highest BCUT2D eigenvalue weighted by Gasteiger charge is 2.30. The standard InChI is InChI=1S/C16H23ClN2O5S/c1-12(10-23-2)18-16(20)11-24-14-6-5-13(17)9-15(14)25(21,22)19-7-3-4-8-19/h5-6,9,12H,3-4,7-8,10-11H2,1-2H3,(H,18,20)/t12-/m0/s1. The molecular weight excluding hydrogens is 368 g/mol. The summed E-state index contributed by atoms with van der Waals surface area (Å²) in [5, 5.41) is 3.00. The van der Waals surface area contributed by atoms with Gasteiger partial charge in [-0.15, -0.1) is 0 Å². The van der Waals surface area contributed by atoms with E-state index in [9.17, 15) is 13.2 Å². The summed E-state index contributed by atoms with van der Waals surface area (Å²) in [6.07, 6.45) is 1.66. The molecule has 1 N–H and O–H groups in total. The van der Waals surface area contributed by atoms with Crippen LogP contribution in [0, 0.1) is 0 Å². The van der Waals surface area contributed by atoms with Crippen LogP contribution in [0.15, 0.2) is 23.1 Å². The van der Waals surface area contributed by atoms with E-state index in [4.69, 9.17) is 21.1 Å². The first-order valence-corrected chi connectivity index (χ1v) is 9.87. The topological polar surface area (TPSA) is 84.9 Å². The molecule has 0 bridgehead atoms. The van der Waals surface area contributed by atoms with Crippen molar-refractivity contribution in [3.05, 3.63) is 23.2 Å². The number of hydrogen-bond acceptors (Lipinski definition) is 5. The lowest BCUT2D eigenvalue weighted by Gasteiger charge is -2.19. The number of carbonyl (C=O) groups is 1. The van der Waals surface area contributed by atoms with E-state index in [1.807, 2.05) is 0 Å². The van der Waals surface area contributed by atoms with Gasteiger partial charge in [0.25, 0.3) is 5.91 Å². The number of nitrogens with one attached hydrogen (secondary N) is 1. The lowest BCUT2D eigenvalue weighted by Crippen LogP contribution is -2.38. The van der Waals surface area contributed by atoms with Gasteiger partial charge in [-0.3, -0.25) is 4.79 Å². The van der Waals surface area contributed by atoms with E-state index in [1.165, 1.54) is 22.5 Å². The molecule has 0 spiro atoms. The second kappa shape index (κ2) is 8.84. The van der Waals surface area contributed by atoms with E-state index in [1.54, 1.807) is 14.0 Å². The van der Waals surface area contributed by atoms with Crippen LogP contribution in [0.2, 0.25) is 5.02 Å². The number of ether oxygens (including phenoxy) is 2. The van der Waals surface area contributed by atoms with Crippen molar-refractivity contribution in [3.63, 3.8) is 0 Å². The summed E-state index contributed by atoms with van der Waals surface area (Å²) >= 11 is 5.96. The Labute approximate surface area is 153 Å². The summed E-state index contributed by atoms with van der Waals surface area (Å²) in [5.41, 5.74) is 0. The zero-order valence-corrected chi connectivity index (χ0v) is 15.9. The average Bonchev–Trinajstić information content (AvgIpc) is 3.09. The average molecular weight is 391 g/mol. The predicted molar refractivity (Wildman–Crippen MR) is 94.4 cm³/mol. The lowest BCUT2D eigenvalue weighted by atomic mass is 10.3. The van der Waals surface area contributed by atoms with Crippen molar-refractivity contribution >= 4 is 27.5 Å². The molecule has 0 aliphatic carbocycles. The molecule has 1 heterocycles. The van der Waals surface area contributed by atoms with Crippen LogP contribution in [-0.4, -0.2) is 58.1 Å². The van der Waals surface area contributed by atoms with Crippen LogP contribution in [-0.2, 0) is 19.6 Å². The second-order valence-corrected chi connectivity index (χ2v) is 8.26. The van der Waals surface area contributed by atoms with E-state index < -0.39 is 10.0 Å². The van der Waals surface area contributed by atoms with E-state index in [2.05, 4.69) is 5.32 Å². The van der Waals surface area contributed by atoms with Gasteiger partial charge in [0.15, 0.2) is 6.61 Å². The van der Waals surface area contributed by atoms with Gasteiger partial charge in [-0.1, -0.05) is 11.6 Å². The van der Waals surface area contributed by atoms with Gasteiger partial charge >= 0.3 is 0 Å². The number of methoxy groups -OCH3 is 1. The van der Waals surface area contributed by atoms with E-state index in [0.29, 0.717) is 24.7 Å². The van der Waals surface area contributed by atoms with Gasteiger partial charge in [0.2, 0.25) is 10.0 Å². The molecule has 2 rings (SSSR count). The second-order valence-electron chi connectivity index (χ2n) is 5.91. The fourth-order valence-corrected chi connectivity index (χ4v) is 4.53. The number of carbonyl (C=O) groups excluding carboxylic acids is 1.